The van der Waals surface area contributed by atoms with Gasteiger partial charge >= 0.3 is 0 Å². The minimum absolute atomic E-state index is 0.0595. The molecule has 24 heavy (non-hydrogen) atoms. The number of halogens is 1. The molecular formula is C16H17FN2O3S2. The minimum Gasteiger partial charge on any atom is -0.351 e. The molecule has 1 heterocycles. The highest BCUT2D eigenvalue weighted by Crippen LogP contribution is 2.47. The topological polar surface area (TPSA) is 75.3 Å². The van der Waals surface area contributed by atoms with Crippen molar-refractivity contribution in [1.29, 1.82) is 0 Å². The summed E-state index contributed by atoms with van der Waals surface area (Å²) in [4.78, 5) is 13.0. The first-order valence-corrected chi connectivity index (χ1v) is 9.76. The van der Waals surface area contributed by atoms with Gasteiger partial charge in [-0.05, 0) is 49.2 Å². The Balaban J connectivity index is 1.55. The molecule has 2 N–H and O–H groups in total. The molecule has 8 heteroatoms. The van der Waals surface area contributed by atoms with Gasteiger partial charge in [0, 0.05) is 10.8 Å². The van der Waals surface area contributed by atoms with Crippen molar-refractivity contribution in [2.75, 3.05) is 7.05 Å². The van der Waals surface area contributed by atoms with Crippen molar-refractivity contribution in [3.05, 3.63) is 52.7 Å². The van der Waals surface area contributed by atoms with Crippen LogP contribution in [0, 0.1) is 11.7 Å². The molecule has 5 nitrogen and oxygen atoms in total. The van der Waals surface area contributed by atoms with Crippen LogP contribution in [0.15, 0.2) is 40.6 Å². The number of thiophene rings is 1. The predicted molar refractivity (Wildman–Crippen MR) is 89.7 cm³/mol. The smallest absolute Gasteiger partial charge is 0.249 e. The number of carbonyl (C=O) groups excluding carboxylic acids is 1. The van der Waals surface area contributed by atoms with Crippen molar-refractivity contribution in [2.24, 2.45) is 5.92 Å². The van der Waals surface area contributed by atoms with E-state index >= 15 is 0 Å². The van der Waals surface area contributed by atoms with Crippen LogP contribution in [0.4, 0.5) is 4.39 Å². The average Bonchev–Trinajstić information content (AvgIpc) is 3.22. The van der Waals surface area contributed by atoms with Crippen LogP contribution in [0.1, 0.15) is 22.8 Å². The van der Waals surface area contributed by atoms with Crippen LogP contribution in [0.2, 0.25) is 0 Å². The molecule has 2 atom stereocenters. The maximum Gasteiger partial charge on any atom is 0.249 e. The average molecular weight is 368 g/mol. The summed E-state index contributed by atoms with van der Waals surface area (Å²) in [7, 11) is -2.08. The van der Waals surface area contributed by atoms with Crippen molar-refractivity contribution in [2.45, 2.75) is 23.1 Å². The lowest BCUT2D eigenvalue weighted by atomic mass is 10.1. The van der Waals surface area contributed by atoms with Gasteiger partial charge in [-0.1, -0.05) is 12.1 Å². The van der Waals surface area contributed by atoms with E-state index in [9.17, 15) is 17.6 Å². The number of hydrogen-bond donors (Lipinski definition) is 2. The van der Waals surface area contributed by atoms with E-state index in [0.717, 1.165) is 28.2 Å². The van der Waals surface area contributed by atoms with E-state index in [2.05, 4.69) is 10.0 Å². The third kappa shape index (κ3) is 3.66. The van der Waals surface area contributed by atoms with E-state index in [1.54, 1.807) is 18.2 Å². The zero-order chi connectivity index (χ0) is 17.3. The molecule has 1 aromatic heterocycles. The maximum absolute atomic E-state index is 12.9. The van der Waals surface area contributed by atoms with Crippen molar-refractivity contribution < 1.29 is 17.6 Å². The van der Waals surface area contributed by atoms with Gasteiger partial charge in [-0.3, -0.25) is 4.79 Å². The quantitative estimate of drug-likeness (QED) is 0.821. The van der Waals surface area contributed by atoms with Gasteiger partial charge in [0.25, 0.3) is 0 Å². The molecule has 1 fully saturated rings. The lowest BCUT2D eigenvalue weighted by Gasteiger charge is -2.04. The summed E-state index contributed by atoms with van der Waals surface area (Å²) < 4.78 is 38.8. The zero-order valence-electron chi connectivity index (χ0n) is 13.0. The maximum atomic E-state index is 12.9. The minimum atomic E-state index is -3.44. The molecule has 1 aliphatic rings. The van der Waals surface area contributed by atoms with Crippen LogP contribution < -0.4 is 10.0 Å². The van der Waals surface area contributed by atoms with Gasteiger partial charge in [-0.15, -0.1) is 11.3 Å². The summed E-state index contributed by atoms with van der Waals surface area (Å²) in [6.45, 7) is 0.301. The zero-order valence-corrected chi connectivity index (χ0v) is 14.6. The lowest BCUT2D eigenvalue weighted by molar-refractivity contribution is -0.122. The molecule has 1 saturated carbocycles. The van der Waals surface area contributed by atoms with Crippen LogP contribution in [0.3, 0.4) is 0 Å². The second-order valence-electron chi connectivity index (χ2n) is 5.65. The molecule has 128 valence electrons. The fraction of sp³-hybridized carbons (Fsp3) is 0.312. The van der Waals surface area contributed by atoms with E-state index in [1.165, 1.54) is 25.2 Å². The lowest BCUT2D eigenvalue weighted by Crippen LogP contribution is -2.24. The summed E-state index contributed by atoms with van der Waals surface area (Å²) in [6.07, 6.45) is 0.751. The molecule has 3 rings (SSSR count). The first kappa shape index (κ1) is 17.1. The van der Waals surface area contributed by atoms with E-state index < -0.39 is 10.0 Å². The third-order valence-corrected chi connectivity index (χ3v) is 7.02. The van der Waals surface area contributed by atoms with Gasteiger partial charge in [0.2, 0.25) is 15.9 Å². The standard InChI is InChI=1S/C16H17FN2O3S2/c1-18-24(21,22)15-7-6-12(23-15)9-19-16(20)14-8-13(14)10-2-4-11(17)5-3-10/h2-7,13-14,18H,8-9H2,1H3,(H,19,20). The van der Waals surface area contributed by atoms with E-state index in [-0.39, 0.29) is 27.8 Å². The van der Waals surface area contributed by atoms with Crippen molar-refractivity contribution in [1.82, 2.24) is 10.0 Å². The van der Waals surface area contributed by atoms with Crippen molar-refractivity contribution in [3.63, 3.8) is 0 Å². The molecule has 1 aromatic carbocycles. The van der Waals surface area contributed by atoms with Crippen LogP contribution >= 0.6 is 11.3 Å². The highest BCUT2D eigenvalue weighted by molar-refractivity contribution is 7.91. The van der Waals surface area contributed by atoms with E-state index in [1.807, 2.05) is 0 Å². The Hall–Kier alpha value is -1.77. The van der Waals surface area contributed by atoms with Crippen LogP contribution in [0.25, 0.3) is 0 Å². The molecule has 0 radical (unpaired) electrons. The summed E-state index contributed by atoms with van der Waals surface area (Å²) in [6, 6.07) is 9.44. The monoisotopic (exact) mass is 368 g/mol. The molecule has 0 spiro atoms. The van der Waals surface area contributed by atoms with Gasteiger partial charge in [0.1, 0.15) is 10.0 Å². The van der Waals surface area contributed by atoms with E-state index in [4.69, 9.17) is 0 Å². The highest BCUT2D eigenvalue weighted by atomic mass is 32.2. The summed E-state index contributed by atoms with van der Waals surface area (Å²) in [5, 5.41) is 2.84. The largest absolute Gasteiger partial charge is 0.351 e. The third-order valence-electron chi connectivity index (χ3n) is 4.03. The number of rotatable bonds is 6. The number of nitrogens with one attached hydrogen (secondary N) is 2. The van der Waals surface area contributed by atoms with Gasteiger partial charge in [0.15, 0.2) is 0 Å². The fourth-order valence-corrected chi connectivity index (χ4v) is 4.70. The Morgan fingerprint density at radius 2 is 1.96 bits per heavy atom. The van der Waals surface area contributed by atoms with Gasteiger partial charge in [0.05, 0.1) is 6.54 Å². The highest BCUT2D eigenvalue weighted by Gasteiger charge is 2.43. The molecule has 1 amide bonds. The number of sulfonamides is 1. The Bertz CT molecular complexity index is 846. The predicted octanol–water partition coefficient (Wildman–Crippen LogP) is 2.22. The molecule has 1 aliphatic carbocycles. The van der Waals surface area contributed by atoms with Crippen molar-refractivity contribution in [3.8, 4) is 0 Å². The Morgan fingerprint density at radius 3 is 2.62 bits per heavy atom. The van der Waals surface area contributed by atoms with Gasteiger partial charge < -0.3 is 5.32 Å². The number of benzene rings is 1. The Kier molecular flexibility index (Phi) is 4.71. The normalized spacial score (nSPS) is 19.9. The molecule has 0 bridgehead atoms. The fourth-order valence-electron chi connectivity index (χ4n) is 2.57. The molecule has 0 aliphatic heterocycles. The van der Waals surface area contributed by atoms with Gasteiger partial charge in [-0.2, -0.15) is 0 Å². The van der Waals surface area contributed by atoms with Crippen LogP contribution in [-0.4, -0.2) is 21.4 Å². The molecule has 2 aromatic rings. The SMILES string of the molecule is CNS(=O)(=O)c1ccc(CNC(=O)C2CC2c2ccc(F)cc2)s1. The summed E-state index contributed by atoms with van der Waals surface area (Å²) in [5.41, 5.74) is 0.968. The number of hydrogen-bond acceptors (Lipinski definition) is 4. The number of carbonyl (C=O) groups is 1. The first-order chi connectivity index (χ1) is 11.4. The Labute approximate surface area is 144 Å². The molecular weight excluding hydrogens is 351 g/mol. The van der Waals surface area contributed by atoms with E-state index in [0.29, 0.717) is 6.54 Å². The van der Waals surface area contributed by atoms with Crippen molar-refractivity contribution >= 4 is 27.3 Å². The summed E-state index contributed by atoms with van der Waals surface area (Å²) >= 11 is 1.13. The number of amides is 1. The Morgan fingerprint density at radius 1 is 1.25 bits per heavy atom. The van der Waals surface area contributed by atoms with Gasteiger partial charge in [-0.25, -0.2) is 17.5 Å². The summed E-state index contributed by atoms with van der Waals surface area (Å²) in [5.74, 6) is -0.314. The second-order valence-corrected chi connectivity index (χ2v) is 8.93. The van der Waals surface area contributed by atoms with Crippen LogP contribution in [0.5, 0.6) is 0 Å². The first-order valence-electron chi connectivity index (χ1n) is 7.46. The second kappa shape index (κ2) is 6.62. The molecule has 0 saturated heterocycles. The molecule has 2 unspecified atom stereocenters. The van der Waals surface area contributed by atoms with Crippen LogP contribution in [-0.2, 0) is 21.4 Å².